The maximum Gasteiger partial charge on any atom is 0.122 e. The van der Waals surface area contributed by atoms with Gasteiger partial charge in [-0.25, -0.2) is 0 Å². The fourth-order valence-corrected chi connectivity index (χ4v) is 3.83. The molecule has 0 amide bonds. The molecular weight excluding hydrogens is 356 g/mol. The van der Waals surface area contributed by atoms with Crippen LogP contribution in [0.3, 0.4) is 0 Å². The summed E-state index contributed by atoms with van der Waals surface area (Å²) < 4.78 is 11.1. The zero-order valence-corrected chi connectivity index (χ0v) is 18.9. The van der Waals surface area contributed by atoms with Gasteiger partial charge in [-0.3, -0.25) is 0 Å². The zero-order valence-electron chi connectivity index (χ0n) is 18.9. The maximum atomic E-state index is 5.91. The molecule has 0 radical (unpaired) electrons. The first kappa shape index (κ1) is 24.0. The Morgan fingerprint density at radius 3 is 2.03 bits per heavy atom. The number of benzene rings is 1. The van der Waals surface area contributed by atoms with Crippen molar-refractivity contribution in [2.75, 3.05) is 13.2 Å². The molecule has 164 valence electrons. The molecule has 29 heavy (non-hydrogen) atoms. The second-order valence-electron chi connectivity index (χ2n) is 8.54. The van der Waals surface area contributed by atoms with Crippen molar-refractivity contribution in [2.45, 2.75) is 109 Å². The molecular formula is C27H44O2. The molecule has 1 atom stereocenters. The third kappa shape index (κ3) is 12.8. The van der Waals surface area contributed by atoms with Crippen LogP contribution in [0.25, 0.3) is 0 Å². The first-order valence-electron chi connectivity index (χ1n) is 12.4. The second-order valence-corrected chi connectivity index (χ2v) is 8.54. The largest absolute Gasteiger partial charge is 0.491 e. The lowest BCUT2D eigenvalue weighted by molar-refractivity contribution is 0.261. The van der Waals surface area contributed by atoms with Gasteiger partial charge in [-0.15, -0.1) is 0 Å². The van der Waals surface area contributed by atoms with Gasteiger partial charge in [-0.05, 0) is 43.7 Å². The van der Waals surface area contributed by atoms with Crippen molar-refractivity contribution in [3.8, 4) is 5.75 Å². The van der Waals surface area contributed by atoms with Crippen LogP contribution in [0.2, 0.25) is 0 Å². The molecule has 0 N–H and O–H groups in total. The average molecular weight is 401 g/mol. The molecule has 1 heterocycles. The van der Waals surface area contributed by atoms with Crippen molar-refractivity contribution in [1.29, 1.82) is 0 Å². The molecule has 0 saturated carbocycles. The van der Waals surface area contributed by atoms with Crippen LogP contribution < -0.4 is 4.74 Å². The lowest BCUT2D eigenvalue weighted by atomic mass is 10.0. The highest BCUT2D eigenvalue weighted by molar-refractivity contribution is 5.33. The zero-order chi connectivity index (χ0) is 20.4. The second kappa shape index (κ2) is 16.5. The van der Waals surface area contributed by atoms with Crippen molar-refractivity contribution in [1.82, 2.24) is 0 Å². The maximum absolute atomic E-state index is 5.91. The van der Waals surface area contributed by atoms with Crippen LogP contribution in [0.15, 0.2) is 36.4 Å². The van der Waals surface area contributed by atoms with Crippen LogP contribution in [0.4, 0.5) is 0 Å². The number of hydrogen-bond acceptors (Lipinski definition) is 2. The van der Waals surface area contributed by atoms with Crippen molar-refractivity contribution in [2.24, 2.45) is 0 Å². The fraction of sp³-hybridized carbons (Fsp3) is 0.704. The predicted octanol–water partition coefficient (Wildman–Crippen LogP) is 8.04. The van der Waals surface area contributed by atoms with Gasteiger partial charge in [0.15, 0.2) is 0 Å². The van der Waals surface area contributed by atoms with Crippen molar-refractivity contribution < 1.29 is 9.47 Å². The monoisotopic (exact) mass is 400 g/mol. The molecule has 0 bridgehead atoms. The van der Waals surface area contributed by atoms with E-state index < -0.39 is 0 Å². The number of hydrogen-bond donors (Lipinski definition) is 0. The standard InChI is InChI=1S/C27H44O2/c1-2-3-4-5-6-7-8-9-10-11-12-13-14-15-16-17-20-25-21-18-19-22-27(25)29-24-26-23-28-26/h3-4,18-19,21-22,26H,2,5-17,20,23-24H2,1H3/b4-3+. The quantitative estimate of drug-likeness (QED) is 0.133. The van der Waals surface area contributed by atoms with Crippen molar-refractivity contribution in [3.63, 3.8) is 0 Å². The Balaban J connectivity index is 1.35. The summed E-state index contributed by atoms with van der Waals surface area (Å²) in [5.41, 5.74) is 1.36. The molecule has 2 heteroatoms. The third-order valence-electron chi connectivity index (χ3n) is 5.77. The smallest absolute Gasteiger partial charge is 0.122 e. The van der Waals surface area contributed by atoms with E-state index in [1.807, 2.05) is 0 Å². The number of aryl methyl sites for hydroxylation is 1. The van der Waals surface area contributed by atoms with Crippen molar-refractivity contribution >= 4 is 0 Å². The summed E-state index contributed by atoms with van der Waals surface area (Å²) in [6.07, 6.45) is 25.3. The molecule has 0 spiro atoms. The van der Waals surface area contributed by atoms with Crippen LogP contribution in [0.1, 0.15) is 102 Å². The highest BCUT2D eigenvalue weighted by Crippen LogP contribution is 2.22. The van der Waals surface area contributed by atoms with Crippen LogP contribution in [0, 0.1) is 0 Å². The average Bonchev–Trinajstić information content (AvgIpc) is 3.57. The molecule has 1 fully saturated rings. The molecule has 1 aliphatic heterocycles. The number of para-hydroxylation sites is 1. The number of ether oxygens (including phenoxy) is 2. The van der Waals surface area contributed by atoms with E-state index in [1.165, 1.54) is 95.5 Å². The Hall–Kier alpha value is -1.28. The minimum atomic E-state index is 0.330. The Labute approximate surface area is 180 Å². The summed E-state index contributed by atoms with van der Waals surface area (Å²) in [6.45, 7) is 3.77. The molecule has 1 saturated heterocycles. The number of rotatable bonds is 19. The molecule has 1 aromatic rings. The normalized spacial score (nSPS) is 15.8. The minimum absolute atomic E-state index is 0.330. The Morgan fingerprint density at radius 1 is 0.828 bits per heavy atom. The lowest BCUT2D eigenvalue weighted by Crippen LogP contribution is -2.05. The van der Waals surface area contributed by atoms with Gasteiger partial charge < -0.3 is 9.47 Å². The molecule has 1 aliphatic rings. The van der Waals surface area contributed by atoms with E-state index in [-0.39, 0.29) is 0 Å². The summed E-state index contributed by atoms with van der Waals surface area (Å²) in [4.78, 5) is 0. The molecule has 1 unspecified atom stereocenters. The number of epoxide rings is 1. The molecule has 2 rings (SSSR count). The van der Waals surface area contributed by atoms with Gasteiger partial charge in [0.05, 0.1) is 6.61 Å². The number of allylic oxidation sites excluding steroid dienone is 2. The number of unbranched alkanes of at least 4 members (excludes halogenated alkanes) is 12. The van der Waals surface area contributed by atoms with E-state index in [9.17, 15) is 0 Å². The fourth-order valence-electron chi connectivity index (χ4n) is 3.83. The van der Waals surface area contributed by atoms with E-state index >= 15 is 0 Å². The topological polar surface area (TPSA) is 21.8 Å². The summed E-state index contributed by atoms with van der Waals surface area (Å²) >= 11 is 0. The van der Waals surface area contributed by atoms with E-state index in [4.69, 9.17) is 9.47 Å². The van der Waals surface area contributed by atoms with Gasteiger partial charge in [0.2, 0.25) is 0 Å². The van der Waals surface area contributed by atoms with E-state index in [0.717, 1.165) is 18.8 Å². The van der Waals surface area contributed by atoms with Crippen LogP contribution >= 0.6 is 0 Å². The highest BCUT2D eigenvalue weighted by Gasteiger charge is 2.23. The first-order chi connectivity index (χ1) is 14.4. The van der Waals surface area contributed by atoms with Gasteiger partial charge in [-0.1, -0.05) is 101 Å². The molecule has 0 aliphatic carbocycles. The molecule has 2 nitrogen and oxygen atoms in total. The summed E-state index contributed by atoms with van der Waals surface area (Å²) in [7, 11) is 0. The van der Waals surface area contributed by atoms with Crippen molar-refractivity contribution in [3.05, 3.63) is 42.0 Å². The first-order valence-corrected chi connectivity index (χ1v) is 12.4. The van der Waals surface area contributed by atoms with Gasteiger partial charge in [0.1, 0.15) is 18.5 Å². The van der Waals surface area contributed by atoms with Gasteiger partial charge >= 0.3 is 0 Å². The van der Waals surface area contributed by atoms with Gasteiger partial charge in [-0.2, -0.15) is 0 Å². The summed E-state index contributed by atoms with van der Waals surface area (Å²) in [6, 6.07) is 8.50. The Kier molecular flexibility index (Phi) is 13.7. The summed E-state index contributed by atoms with van der Waals surface area (Å²) in [5, 5.41) is 0. The highest BCUT2D eigenvalue weighted by atomic mass is 16.6. The third-order valence-corrected chi connectivity index (χ3v) is 5.77. The Bertz CT molecular complexity index is 533. The van der Waals surface area contributed by atoms with Crippen LogP contribution in [-0.4, -0.2) is 19.3 Å². The van der Waals surface area contributed by atoms with Gasteiger partial charge in [0.25, 0.3) is 0 Å². The SMILES string of the molecule is CC/C=C/CCCCCCCCCCCCCCc1ccccc1OCC1CO1. The van der Waals surface area contributed by atoms with Crippen LogP contribution in [0.5, 0.6) is 5.75 Å². The van der Waals surface area contributed by atoms with E-state index in [1.54, 1.807) is 0 Å². The predicted molar refractivity (Wildman–Crippen MR) is 125 cm³/mol. The molecule has 1 aromatic carbocycles. The van der Waals surface area contributed by atoms with Crippen LogP contribution in [-0.2, 0) is 11.2 Å². The molecule has 0 aromatic heterocycles. The van der Waals surface area contributed by atoms with E-state index in [0.29, 0.717) is 12.7 Å². The lowest BCUT2D eigenvalue weighted by Gasteiger charge is -2.10. The summed E-state index contributed by atoms with van der Waals surface area (Å²) in [5.74, 6) is 1.06. The van der Waals surface area contributed by atoms with E-state index in [2.05, 4.69) is 43.3 Å². The minimum Gasteiger partial charge on any atom is -0.491 e. The Morgan fingerprint density at radius 2 is 1.41 bits per heavy atom. The van der Waals surface area contributed by atoms with Gasteiger partial charge in [0, 0.05) is 0 Å².